The number of ether oxygens (including phenoxy) is 2. The fourth-order valence-electron chi connectivity index (χ4n) is 3.14. The van der Waals surface area contributed by atoms with Gasteiger partial charge in [0.15, 0.2) is 6.29 Å². The van der Waals surface area contributed by atoms with Crippen molar-refractivity contribution in [2.45, 2.75) is 108 Å². The van der Waals surface area contributed by atoms with Crippen molar-refractivity contribution < 1.29 is 34.7 Å². The lowest BCUT2D eigenvalue weighted by atomic mass is 10.0. The van der Waals surface area contributed by atoms with Crippen molar-refractivity contribution >= 4 is 5.97 Å². The highest BCUT2D eigenvalue weighted by Crippen LogP contribution is 2.21. The van der Waals surface area contributed by atoms with Crippen LogP contribution in [0.1, 0.15) is 77.6 Å². The molecule has 0 saturated carbocycles. The van der Waals surface area contributed by atoms with Gasteiger partial charge in [0.25, 0.3) is 0 Å². The van der Waals surface area contributed by atoms with Crippen LogP contribution in [0.3, 0.4) is 0 Å². The molecule has 1 aliphatic heterocycles. The molecule has 0 spiro atoms. The first-order valence-corrected chi connectivity index (χ1v) is 9.93. The minimum absolute atomic E-state index is 0.162. The van der Waals surface area contributed by atoms with E-state index in [2.05, 4.69) is 0 Å². The summed E-state index contributed by atoms with van der Waals surface area (Å²) in [6, 6.07) is 0. The molecule has 5 atom stereocenters. The maximum absolute atomic E-state index is 10.4. The van der Waals surface area contributed by atoms with E-state index in [1.165, 1.54) is 0 Å². The van der Waals surface area contributed by atoms with Crippen LogP contribution >= 0.6 is 0 Å². The van der Waals surface area contributed by atoms with Gasteiger partial charge in [0.05, 0.1) is 24.7 Å². The number of aliphatic hydroxyl groups is 3. The molecule has 0 bridgehead atoms. The van der Waals surface area contributed by atoms with Gasteiger partial charge in [-0.05, 0) is 19.8 Å². The Balaban J connectivity index is 1.87. The van der Waals surface area contributed by atoms with E-state index in [0.29, 0.717) is 19.4 Å². The lowest BCUT2D eigenvalue weighted by Gasteiger charge is -2.35. The quantitative estimate of drug-likeness (QED) is 0.343. The van der Waals surface area contributed by atoms with Crippen molar-refractivity contribution in [3.05, 3.63) is 0 Å². The van der Waals surface area contributed by atoms with E-state index in [1.807, 2.05) is 0 Å². The van der Waals surface area contributed by atoms with Gasteiger partial charge in [-0.1, -0.05) is 44.9 Å². The predicted molar refractivity (Wildman–Crippen MR) is 96.7 cm³/mol. The SMILES string of the molecule is CC1OC(OCCCCCCCCCCC(O)CC(=O)O)C(O)CC1O. The summed E-state index contributed by atoms with van der Waals surface area (Å²) in [6.07, 6.45) is 6.07. The van der Waals surface area contributed by atoms with Crippen LogP contribution in [0.15, 0.2) is 0 Å². The van der Waals surface area contributed by atoms with Gasteiger partial charge < -0.3 is 29.9 Å². The van der Waals surface area contributed by atoms with Crippen molar-refractivity contribution in [3.8, 4) is 0 Å². The van der Waals surface area contributed by atoms with Crippen molar-refractivity contribution in [2.75, 3.05) is 6.61 Å². The van der Waals surface area contributed by atoms with E-state index in [-0.39, 0.29) is 12.5 Å². The van der Waals surface area contributed by atoms with Crippen molar-refractivity contribution in [2.24, 2.45) is 0 Å². The van der Waals surface area contributed by atoms with Crippen molar-refractivity contribution in [3.63, 3.8) is 0 Å². The van der Waals surface area contributed by atoms with Crippen LogP contribution in [0, 0.1) is 0 Å². The maximum atomic E-state index is 10.4. The number of carboxylic acid groups (broad SMARTS) is 1. The zero-order valence-corrected chi connectivity index (χ0v) is 15.9. The highest BCUT2D eigenvalue weighted by Gasteiger charge is 2.34. The molecular weight excluding hydrogens is 340 g/mol. The zero-order chi connectivity index (χ0) is 19.4. The molecule has 0 amide bonds. The van der Waals surface area contributed by atoms with Gasteiger partial charge in [0, 0.05) is 13.0 Å². The van der Waals surface area contributed by atoms with Gasteiger partial charge in [-0.2, -0.15) is 0 Å². The average molecular weight is 376 g/mol. The molecule has 0 aromatic heterocycles. The smallest absolute Gasteiger partial charge is 0.305 e. The number of rotatable bonds is 14. The minimum Gasteiger partial charge on any atom is -0.481 e. The van der Waals surface area contributed by atoms with Crippen LogP contribution in [-0.4, -0.2) is 63.7 Å². The molecule has 7 nitrogen and oxygen atoms in total. The van der Waals surface area contributed by atoms with Crippen LogP contribution in [0.5, 0.6) is 0 Å². The summed E-state index contributed by atoms with van der Waals surface area (Å²) in [5.41, 5.74) is 0. The summed E-state index contributed by atoms with van der Waals surface area (Å²) in [6.45, 7) is 2.33. The van der Waals surface area contributed by atoms with Crippen LogP contribution in [0.25, 0.3) is 0 Å². The Kier molecular flexibility index (Phi) is 12.0. The molecule has 0 radical (unpaired) electrons. The van der Waals surface area contributed by atoms with Crippen LogP contribution in [0.2, 0.25) is 0 Å². The number of hydrogen-bond acceptors (Lipinski definition) is 6. The topological polar surface area (TPSA) is 116 Å². The molecular formula is C19H36O7. The number of unbranched alkanes of at least 4 members (excludes halogenated alkanes) is 7. The molecule has 0 aromatic rings. The summed E-state index contributed by atoms with van der Waals surface area (Å²) in [5, 5.41) is 37.4. The second-order valence-electron chi connectivity index (χ2n) is 7.32. The summed E-state index contributed by atoms with van der Waals surface area (Å²) >= 11 is 0. The Morgan fingerprint density at radius 2 is 1.62 bits per heavy atom. The fraction of sp³-hybridized carbons (Fsp3) is 0.947. The summed E-state index contributed by atoms with van der Waals surface area (Å²) in [5.74, 6) is -0.946. The molecule has 1 aliphatic rings. The monoisotopic (exact) mass is 376 g/mol. The highest BCUT2D eigenvalue weighted by molar-refractivity contribution is 5.67. The second-order valence-corrected chi connectivity index (χ2v) is 7.32. The van der Waals surface area contributed by atoms with E-state index >= 15 is 0 Å². The molecule has 1 saturated heterocycles. The van der Waals surface area contributed by atoms with Gasteiger partial charge in [-0.3, -0.25) is 4.79 Å². The Bertz CT molecular complexity index is 377. The van der Waals surface area contributed by atoms with Gasteiger partial charge in [0.1, 0.15) is 6.10 Å². The lowest BCUT2D eigenvalue weighted by molar-refractivity contribution is -0.261. The number of carboxylic acids is 1. The number of aliphatic carboxylic acids is 1. The Hall–Kier alpha value is -0.730. The van der Waals surface area contributed by atoms with E-state index in [0.717, 1.165) is 51.4 Å². The number of hydrogen-bond donors (Lipinski definition) is 4. The van der Waals surface area contributed by atoms with E-state index in [9.17, 15) is 20.1 Å². The third kappa shape index (κ3) is 10.4. The average Bonchev–Trinajstić information content (AvgIpc) is 2.56. The third-order valence-electron chi connectivity index (χ3n) is 4.81. The summed E-state index contributed by atoms with van der Waals surface area (Å²) in [7, 11) is 0. The fourth-order valence-corrected chi connectivity index (χ4v) is 3.14. The number of carbonyl (C=O) groups is 1. The Morgan fingerprint density at radius 1 is 1.04 bits per heavy atom. The van der Waals surface area contributed by atoms with Gasteiger partial charge in [-0.25, -0.2) is 0 Å². The molecule has 5 unspecified atom stereocenters. The number of aliphatic hydroxyl groups excluding tert-OH is 3. The lowest BCUT2D eigenvalue weighted by Crippen LogP contribution is -2.47. The van der Waals surface area contributed by atoms with Gasteiger partial charge in [-0.15, -0.1) is 0 Å². The maximum Gasteiger partial charge on any atom is 0.305 e. The van der Waals surface area contributed by atoms with E-state index in [1.54, 1.807) is 6.92 Å². The largest absolute Gasteiger partial charge is 0.481 e. The second kappa shape index (κ2) is 13.4. The standard InChI is InChI=1S/C19H36O7/c1-14-16(21)13-17(22)19(26-14)25-11-9-7-5-3-2-4-6-8-10-15(20)12-18(23)24/h14-17,19-22H,2-13H2,1H3,(H,23,24). The normalized spacial score (nSPS) is 27.4. The zero-order valence-electron chi connectivity index (χ0n) is 15.9. The Labute approximate surface area is 156 Å². The molecule has 0 aromatic carbocycles. The van der Waals surface area contributed by atoms with Gasteiger partial charge >= 0.3 is 5.97 Å². The molecule has 0 aliphatic carbocycles. The first-order valence-electron chi connectivity index (χ1n) is 9.93. The summed E-state index contributed by atoms with van der Waals surface area (Å²) in [4.78, 5) is 10.4. The first kappa shape index (κ1) is 23.3. The van der Waals surface area contributed by atoms with Crippen LogP contribution in [0.4, 0.5) is 0 Å². The Morgan fingerprint density at radius 3 is 2.23 bits per heavy atom. The van der Waals surface area contributed by atoms with Crippen LogP contribution in [-0.2, 0) is 14.3 Å². The predicted octanol–water partition coefficient (Wildman–Crippen LogP) is 2.21. The molecule has 7 heteroatoms. The highest BCUT2D eigenvalue weighted by atomic mass is 16.7. The minimum atomic E-state index is -0.946. The third-order valence-corrected chi connectivity index (χ3v) is 4.81. The molecule has 4 N–H and O–H groups in total. The molecule has 154 valence electrons. The van der Waals surface area contributed by atoms with Crippen molar-refractivity contribution in [1.82, 2.24) is 0 Å². The van der Waals surface area contributed by atoms with E-state index < -0.39 is 30.6 Å². The molecule has 26 heavy (non-hydrogen) atoms. The van der Waals surface area contributed by atoms with Gasteiger partial charge in [0.2, 0.25) is 0 Å². The van der Waals surface area contributed by atoms with Crippen LogP contribution < -0.4 is 0 Å². The molecule has 1 rings (SSSR count). The van der Waals surface area contributed by atoms with E-state index in [4.69, 9.17) is 14.6 Å². The molecule has 1 fully saturated rings. The first-order chi connectivity index (χ1) is 12.4. The molecule has 1 heterocycles. The summed E-state index contributed by atoms with van der Waals surface area (Å²) < 4.78 is 11.0. The van der Waals surface area contributed by atoms with Crippen molar-refractivity contribution in [1.29, 1.82) is 0 Å².